The highest BCUT2D eigenvalue weighted by atomic mass is 16.5. The average Bonchev–Trinajstić information content (AvgIpc) is 2.87. The van der Waals surface area contributed by atoms with Gasteiger partial charge in [0.15, 0.2) is 0 Å². The highest BCUT2D eigenvalue weighted by molar-refractivity contribution is 6.00. The molecule has 4 rings (SSSR count). The molecule has 0 spiro atoms. The molecule has 0 radical (unpaired) electrons. The summed E-state index contributed by atoms with van der Waals surface area (Å²) < 4.78 is 6.01. The van der Waals surface area contributed by atoms with Crippen LogP contribution in [0.1, 0.15) is 27.0 Å². The van der Waals surface area contributed by atoms with Crippen molar-refractivity contribution in [2.75, 3.05) is 13.6 Å². The first-order valence-electron chi connectivity index (χ1n) is 11.1. The van der Waals surface area contributed by atoms with Gasteiger partial charge < -0.3 is 14.7 Å². The SMILES string of the molecule is CN(CCc1ccccc1)C(=O)Cc1cc(C(=O)O)cc2c(OCc3cccnc3)cccc12. The van der Waals surface area contributed by atoms with E-state index < -0.39 is 5.97 Å². The molecule has 0 aliphatic rings. The number of aromatic nitrogens is 1. The molecule has 6 nitrogen and oxygen atoms in total. The van der Waals surface area contributed by atoms with Crippen LogP contribution in [0, 0.1) is 0 Å². The van der Waals surface area contributed by atoms with E-state index in [1.165, 1.54) is 0 Å². The lowest BCUT2D eigenvalue weighted by molar-refractivity contribution is -0.129. The van der Waals surface area contributed by atoms with Crippen molar-refractivity contribution in [1.29, 1.82) is 0 Å². The summed E-state index contributed by atoms with van der Waals surface area (Å²) in [5.74, 6) is -0.549. The van der Waals surface area contributed by atoms with Gasteiger partial charge in [-0.3, -0.25) is 9.78 Å². The molecule has 0 unspecified atom stereocenters. The number of aromatic carboxylic acids is 1. The predicted octanol–water partition coefficient (Wildman–Crippen LogP) is 4.76. The van der Waals surface area contributed by atoms with E-state index in [2.05, 4.69) is 4.98 Å². The monoisotopic (exact) mass is 454 g/mol. The van der Waals surface area contributed by atoms with Crippen molar-refractivity contribution in [3.63, 3.8) is 0 Å². The van der Waals surface area contributed by atoms with E-state index in [1.54, 1.807) is 36.5 Å². The maximum absolute atomic E-state index is 13.0. The number of carboxylic acids is 1. The van der Waals surface area contributed by atoms with Crippen LogP contribution in [-0.4, -0.2) is 40.5 Å². The minimum atomic E-state index is -1.05. The lowest BCUT2D eigenvalue weighted by atomic mass is 9.97. The number of nitrogens with zero attached hydrogens (tertiary/aromatic N) is 2. The number of likely N-dealkylation sites (N-methyl/N-ethyl adjacent to an activating group) is 1. The van der Waals surface area contributed by atoms with Crippen LogP contribution in [0.5, 0.6) is 5.75 Å². The van der Waals surface area contributed by atoms with Crippen LogP contribution < -0.4 is 4.74 Å². The number of fused-ring (bicyclic) bond motifs is 1. The minimum Gasteiger partial charge on any atom is -0.488 e. The van der Waals surface area contributed by atoms with Crippen LogP contribution in [0.3, 0.4) is 0 Å². The largest absolute Gasteiger partial charge is 0.488 e. The van der Waals surface area contributed by atoms with Crippen LogP contribution in [0.25, 0.3) is 10.8 Å². The van der Waals surface area contributed by atoms with Gasteiger partial charge >= 0.3 is 5.97 Å². The van der Waals surface area contributed by atoms with Crippen molar-refractivity contribution in [3.05, 3.63) is 107 Å². The number of ether oxygens (including phenoxy) is 1. The van der Waals surface area contributed by atoms with E-state index >= 15 is 0 Å². The molecule has 0 fully saturated rings. The summed E-state index contributed by atoms with van der Waals surface area (Å²) in [7, 11) is 1.77. The number of amides is 1. The molecule has 0 saturated carbocycles. The number of hydrogen-bond donors (Lipinski definition) is 1. The van der Waals surface area contributed by atoms with Crippen LogP contribution in [-0.2, 0) is 24.2 Å². The zero-order chi connectivity index (χ0) is 23.9. The van der Waals surface area contributed by atoms with Crippen molar-refractivity contribution in [2.45, 2.75) is 19.4 Å². The fourth-order valence-electron chi connectivity index (χ4n) is 3.84. The number of carbonyl (C=O) groups is 2. The Morgan fingerprint density at radius 2 is 1.74 bits per heavy atom. The summed E-state index contributed by atoms with van der Waals surface area (Å²) in [5, 5.41) is 11.1. The molecule has 1 heterocycles. The molecule has 1 amide bonds. The Bertz CT molecular complexity index is 1290. The van der Waals surface area contributed by atoms with Gasteiger partial charge in [0.2, 0.25) is 5.91 Å². The number of carbonyl (C=O) groups excluding carboxylic acids is 1. The lowest BCUT2D eigenvalue weighted by Gasteiger charge is -2.19. The van der Waals surface area contributed by atoms with Gasteiger partial charge in [0.1, 0.15) is 12.4 Å². The molecule has 6 heteroatoms. The topological polar surface area (TPSA) is 79.7 Å². The highest BCUT2D eigenvalue weighted by Gasteiger charge is 2.17. The molecule has 0 atom stereocenters. The second kappa shape index (κ2) is 10.6. The molecule has 34 heavy (non-hydrogen) atoms. The lowest BCUT2D eigenvalue weighted by Crippen LogP contribution is -2.30. The van der Waals surface area contributed by atoms with Crippen LogP contribution in [0.4, 0.5) is 0 Å². The van der Waals surface area contributed by atoms with Gasteiger partial charge in [0.25, 0.3) is 0 Å². The van der Waals surface area contributed by atoms with Gasteiger partial charge in [0, 0.05) is 36.9 Å². The molecule has 0 bridgehead atoms. The maximum Gasteiger partial charge on any atom is 0.335 e. The Labute approximate surface area is 198 Å². The highest BCUT2D eigenvalue weighted by Crippen LogP contribution is 2.31. The Kier molecular flexibility index (Phi) is 7.18. The molecule has 0 aliphatic heterocycles. The second-order valence-corrected chi connectivity index (χ2v) is 8.17. The predicted molar refractivity (Wildman–Crippen MR) is 131 cm³/mol. The maximum atomic E-state index is 13.0. The van der Waals surface area contributed by atoms with E-state index in [4.69, 9.17) is 4.74 Å². The minimum absolute atomic E-state index is 0.0681. The quantitative estimate of drug-likeness (QED) is 0.395. The summed E-state index contributed by atoms with van der Waals surface area (Å²) in [5.41, 5.74) is 2.86. The summed E-state index contributed by atoms with van der Waals surface area (Å²) in [6.07, 6.45) is 4.28. The van der Waals surface area contributed by atoms with Gasteiger partial charge in [-0.05, 0) is 47.2 Å². The smallest absolute Gasteiger partial charge is 0.335 e. The molecule has 0 aliphatic carbocycles. The third kappa shape index (κ3) is 5.59. The number of hydrogen-bond acceptors (Lipinski definition) is 4. The van der Waals surface area contributed by atoms with Gasteiger partial charge in [-0.1, -0.05) is 48.5 Å². The first-order valence-corrected chi connectivity index (χ1v) is 11.1. The van der Waals surface area contributed by atoms with Crippen molar-refractivity contribution in [1.82, 2.24) is 9.88 Å². The number of rotatable bonds is 9. The second-order valence-electron chi connectivity index (χ2n) is 8.17. The van der Waals surface area contributed by atoms with Gasteiger partial charge in [-0.15, -0.1) is 0 Å². The van der Waals surface area contributed by atoms with Crippen LogP contribution in [0.2, 0.25) is 0 Å². The summed E-state index contributed by atoms with van der Waals surface area (Å²) in [4.78, 5) is 30.6. The van der Waals surface area contributed by atoms with E-state index in [0.717, 1.165) is 22.9 Å². The molecule has 1 aromatic heterocycles. The van der Waals surface area contributed by atoms with Crippen LogP contribution >= 0.6 is 0 Å². The Morgan fingerprint density at radius 3 is 2.47 bits per heavy atom. The molecule has 0 saturated heterocycles. The van der Waals surface area contributed by atoms with Crippen molar-refractivity contribution >= 4 is 22.6 Å². The molecular weight excluding hydrogens is 428 g/mol. The Balaban J connectivity index is 1.57. The summed E-state index contributed by atoms with van der Waals surface area (Å²) in [6.45, 7) is 0.889. The molecule has 1 N–H and O–H groups in total. The van der Waals surface area contributed by atoms with Crippen molar-refractivity contribution in [2.24, 2.45) is 0 Å². The summed E-state index contributed by atoms with van der Waals surface area (Å²) >= 11 is 0. The van der Waals surface area contributed by atoms with Gasteiger partial charge in [-0.2, -0.15) is 0 Å². The number of carboxylic acid groups (broad SMARTS) is 1. The normalized spacial score (nSPS) is 10.7. The zero-order valence-electron chi connectivity index (χ0n) is 19.0. The van der Waals surface area contributed by atoms with Crippen LogP contribution in [0.15, 0.2) is 85.2 Å². The zero-order valence-corrected chi connectivity index (χ0v) is 19.0. The average molecular weight is 455 g/mol. The van der Waals surface area contributed by atoms with E-state index in [9.17, 15) is 14.7 Å². The Hall–Kier alpha value is -4.19. The van der Waals surface area contributed by atoms with E-state index in [-0.39, 0.29) is 17.9 Å². The first-order chi connectivity index (χ1) is 16.5. The first kappa shape index (κ1) is 23.0. The molecule has 3 aromatic carbocycles. The van der Waals surface area contributed by atoms with Crippen molar-refractivity contribution in [3.8, 4) is 5.75 Å². The summed E-state index contributed by atoms with van der Waals surface area (Å²) in [6, 6.07) is 22.5. The third-order valence-electron chi connectivity index (χ3n) is 5.75. The molecule has 172 valence electrons. The fourth-order valence-corrected chi connectivity index (χ4v) is 3.84. The fraction of sp³-hybridized carbons (Fsp3) is 0.179. The van der Waals surface area contributed by atoms with Crippen molar-refractivity contribution < 1.29 is 19.4 Å². The number of pyridine rings is 1. The third-order valence-corrected chi connectivity index (χ3v) is 5.75. The Morgan fingerprint density at radius 1 is 0.941 bits per heavy atom. The standard InChI is InChI=1S/C28H26N2O4/c1-30(14-12-20-7-3-2-4-8-20)27(31)17-22-15-23(28(32)33)16-25-24(22)10-5-11-26(25)34-19-21-9-6-13-29-18-21/h2-11,13,15-16,18H,12,14,17,19H2,1H3,(H,32,33). The van der Waals surface area contributed by atoms with Gasteiger partial charge in [0.05, 0.1) is 12.0 Å². The molecular formula is C28H26N2O4. The van der Waals surface area contributed by atoms with E-state index in [0.29, 0.717) is 29.9 Å². The van der Waals surface area contributed by atoms with E-state index in [1.807, 2.05) is 60.7 Å². The van der Waals surface area contributed by atoms with Gasteiger partial charge in [-0.25, -0.2) is 4.79 Å². The molecule has 4 aromatic rings. The number of benzene rings is 3.